The van der Waals surface area contributed by atoms with Gasteiger partial charge in [-0.3, -0.25) is 0 Å². The maximum Gasteiger partial charge on any atom is 0.132 e. The van der Waals surface area contributed by atoms with E-state index < -0.39 is 0 Å². The van der Waals surface area contributed by atoms with Crippen molar-refractivity contribution in [3.63, 3.8) is 0 Å². The average Bonchev–Trinajstić information content (AvgIpc) is 3.35. The van der Waals surface area contributed by atoms with Gasteiger partial charge < -0.3 is 4.74 Å². The Labute approximate surface area is 216 Å². The van der Waals surface area contributed by atoms with Gasteiger partial charge in [-0.15, -0.1) is 0 Å². The maximum atomic E-state index is 6.62. The van der Waals surface area contributed by atoms with Crippen molar-refractivity contribution in [1.82, 2.24) is 0 Å². The third-order valence-corrected chi connectivity index (χ3v) is 7.98. The van der Waals surface area contributed by atoms with Crippen LogP contribution >= 0.6 is 0 Å². The highest BCUT2D eigenvalue weighted by molar-refractivity contribution is 6.22. The van der Waals surface area contributed by atoms with Crippen LogP contribution in [-0.4, -0.2) is 6.10 Å². The molecule has 1 heteroatoms. The SMILES string of the molecule is C1=CC2Oc3c(-c4c5ccccc5c(-c5ccc6ccccc6c5)c5ccccc45)cccc3C2C=C1. The van der Waals surface area contributed by atoms with Crippen molar-refractivity contribution in [2.75, 3.05) is 0 Å². The molecular formula is C36H24O. The van der Waals surface area contributed by atoms with Gasteiger partial charge in [0.15, 0.2) is 0 Å². The van der Waals surface area contributed by atoms with Crippen molar-refractivity contribution in [2.24, 2.45) is 0 Å². The number of allylic oxidation sites excluding steroid dienone is 2. The summed E-state index contributed by atoms with van der Waals surface area (Å²) in [6.45, 7) is 0. The zero-order valence-electron chi connectivity index (χ0n) is 20.3. The van der Waals surface area contributed by atoms with Crippen molar-refractivity contribution in [3.8, 4) is 28.0 Å². The molecule has 0 aromatic heterocycles. The largest absolute Gasteiger partial charge is 0.484 e. The van der Waals surface area contributed by atoms with Crippen LogP contribution in [0.1, 0.15) is 11.5 Å². The normalized spacial score (nSPS) is 17.7. The fourth-order valence-electron chi connectivity index (χ4n) is 6.34. The fraction of sp³-hybridized carbons (Fsp3) is 0.0556. The lowest BCUT2D eigenvalue weighted by Gasteiger charge is -2.19. The summed E-state index contributed by atoms with van der Waals surface area (Å²) in [7, 11) is 0. The van der Waals surface area contributed by atoms with Crippen LogP contribution in [0.3, 0.4) is 0 Å². The van der Waals surface area contributed by atoms with Crippen LogP contribution in [0.15, 0.2) is 133 Å². The Morgan fingerprint density at radius 2 is 1.16 bits per heavy atom. The number of hydrogen-bond acceptors (Lipinski definition) is 1. The molecule has 0 spiro atoms. The van der Waals surface area contributed by atoms with E-state index in [1.807, 2.05) is 0 Å². The molecule has 1 aliphatic carbocycles. The van der Waals surface area contributed by atoms with E-state index in [2.05, 4.69) is 133 Å². The number of hydrogen-bond donors (Lipinski definition) is 0. The average molecular weight is 473 g/mol. The Bertz CT molecular complexity index is 1870. The van der Waals surface area contributed by atoms with Gasteiger partial charge in [0.2, 0.25) is 0 Å². The third kappa shape index (κ3) is 3.04. The van der Waals surface area contributed by atoms with E-state index in [1.165, 1.54) is 60.1 Å². The highest BCUT2D eigenvalue weighted by Crippen LogP contribution is 2.51. The highest BCUT2D eigenvalue weighted by Gasteiger charge is 2.34. The summed E-state index contributed by atoms with van der Waals surface area (Å²) < 4.78 is 6.62. The minimum atomic E-state index is 0.0653. The van der Waals surface area contributed by atoms with E-state index >= 15 is 0 Å². The molecule has 2 atom stereocenters. The van der Waals surface area contributed by atoms with E-state index in [9.17, 15) is 0 Å². The van der Waals surface area contributed by atoms with Crippen LogP contribution < -0.4 is 4.74 Å². The molecule has 174 valence electrons. The molecule has 0 bridgehead atoms. The molecule has 2 aliphatic rings. The van der Waals surface area contributed by atoms with Crippen LogP contribution in [0.4, 0.5) is 0 Å². The van der Waals surface area contributed by atoms with Crippen molar-refractivity contribution in [3.05, 3.63) is 139 Å². The summed E-state index contributed by atoms with van der Waals surface area (Å²) in [5, 5.41) is 7.55. The molecule has 0 saturated carbocycles. The summed E-state index contributed by atoms with van der Waals surface area (Å²) >= 11 is 0. The predicted octanol–water partition coefficient (Wildman–Crippen LogP) is 9.45. The summed E-state index contributed by atoms with van der Waals surface area (Å²) in [5.41, 5.74) is 6.22. The fourth-order valence-corrected chi connectivity index (χ4v) is 6.34. The van der Waals surface area contributed by atoms with Crippen LogP contribution in [-0.2, 0) is 0 Å². The summed E-state index contributed by atoms with van der Waals surface area (Å²) in [6.07, 6.45) is 8.73. The van der Waals surface area contributed by atoms with Crippen molar-refractivity contribution in [1.29, 1.82) is 0 Å². The van der Waals surface area contributed by atoms with Gasteiger partial charge in [-0.2, -0.15) is 0 Å². The van der Waals surface area contributed by atoms with Crippen LogP contribution in [0.25, 0.3) is 54.6 Å². The number of rotatable bonds is 2. The smallest absolute Gasteiger partial charge is 0.132 e. The minimum Gasteiger partial charge on any atom is -0.484 e. The molecule has 0 N–H and O–H groups in total. The Kier molecular flexibility index (Phi) is 4.41. The van der Waals surface area contributed by atoms with E-state index in [4.69, 9.17) is 4.74 Å². The van der Waals surface area contributed by atoms with Gasteiger partial charge >= 0.3 is 0 Å². The highest BCUT2D eigenvalue weighted by atomic mass is 16.5. The maximum absolute atomic E-state index is 6.62. The number of ether oxygens (including phenoxy) is 1. The van der Waals surface area contributed by atoms with E-state index in [0.717, 1.165) is 5.75 Å². The molecule has 8 rings (SSSR count). The summed E-state index contributed by atoms with van der Waals surface area (Å²) in [5.74, 6) is 1.29. The lowest BCUT2D eigenvalue weighted by Crippen LogP contribution is -2.15. The number of benzene rings is 6. The molecule has 0 fully saturated rings. The molecule has 6 aromatic carbocycles. The minimum absolute atomic E-state index is 0.0653. The first-order chi connectivity index (χ1) is 18.4. The molecule has 0 radical (unpaired) electrons. The van der Waals surface area contributed by atoms with Crippen molar-refractivity contribution >= 4 is 32.3 Å². The second-order valence-electron chi connectivity index (χ2n) is 10.0. The predicted molar refractivity (Wildman–Crippen MR) is 155 cm³/mol. The summed E-state index contributed by atoms with van der Waals surface area (Å²) in [4.78, 5) is 0. The monoisotopic (exact) mass is 472 g/mol. The Morgan fingerprint density at radius 1 is 0.514 bits per heavy atom. The molecular weight excluding hydrogens is 448 g/mol. The zero-order valence-corrected chi connectivity index (χ0v) is 20.3. The second-order valence-corrected chi connectivity index (χ2v) is 10.0. The quantitative estimate of drug-likeness (QED) is 0.228. The van der Waals surface area contributed by atoms with Crippen LogP contribution in [0.2, 0.25) is 0 Å². The third-order valence-electron chi connectivity index (χ3n) is 7.98. The van der Waals surface area contributed by atoms with Gasteiger partial charge in [-0.1, -0.05) is 121 Å². The van der Waals surface area contributed by atoms with Crippen LogP contribution in [0, 0.1) is 0 Å². The lowest BCUT2D eigenvalue weighted by molar-refractivity contribution is 0.270. The Hall–Kier alpha value is -4.62. The molecule has 37 heavy (non-hydrogen) atoms. The van der Waals surface area contributed by atoms with Gasteiger partial charge in [-0.25, -0.2) is 0 Å². The molecule has 0 saturated heterocycles. The zero-order chi connectivity index (χ0) is 24.3. The number of fused-ring (bicyclic) bond motifs is 6. The first-order valence-electron chi connectivity index (χ1n) is 12.9. The first-order valence-corrected chi connectivity index (χ1v) is 12.9. The Morgan fingerprint density at radius 3 is 1.92 bits per heavy atom. The van der Waals surface area contributed by atoms with Crippen molar-refractivity contribution in [2.45, 2.75) is 12.0 Å². The first kappa shape index (κ1) is 20.6. The molecule has 1 heterocycles. The van der Waals surface area contributed by atoms with Gasteiger partial charge in [0, 0.05) is 22.6 Å². The lowest BCUT2D eigenvalue weighted by atomic mass is 9.84. The Balaban J connectivity index is 1.46. The van der Waals surface area contributed by atoms with Crippen molar-refractivity contribution < 1.29 is 4.74 Å². The van der Waals surface area contributed by atoms with E-state index in [0.29, 0.717) is 0 Å². The van der Waals surface area contributed by atoms with Gasteiger partial charge in [-0.05, 0) is 55.6 Å². The molecule has 1 aliphatic heterocycles. The number of para-hydroxylation sites is 1. The molecule has 6 aromatic rings. The van der Waals surface area contributed by atoms with Crippen LogP contribution in [0.5, 0.6) is 5.75 Å². The van der Waals surface area contributed by atoms with Gasteiger partial charge in [0.25, 0.3) is 0 Å². The molecule has 2 unspecified atom stereocenters. The van der Waals surface area contributed by atoms with Gasteiger partial charge in [0.05, 0.1) is 0 Å². The second kappa shape index (κ2) is 7.94. The standard InChI is InChI=1S/C36H24O/c1-2-11-24-22-25(21-20-23(24)10-1)34-27-13-3-5-15-29(27)35(30-16-6-4-14-28(30)34)32-18-9-17-31-26-12-7-8-19-33(26)37-36(31)32/h1-22,26,33H. The molecule has 1 nitrogen and oxygen atoms in total. The topological polar surface area (TPSA) is 9.23 Å². The van der Waals surface area contributed by atoms with E-state index in [1.54, 1.807) is 0 Å². The summed E-state index contributed by atoms with van der Waals surface area (Å²) in [6, 6.07) is 39.8. The molecule has 0 amide bonds. The van der Waals surface area contributed by atoms with Gasteiger partial charge in [0.1, 0.15) is 11.9 Å². The van der Waals surface area contributed by atoms with E-state index in [-0.39, 0.29) is 12.0 Å².